The first kappa shape index (κ1) is 18.9. The van der Waals surface area contributed by atoms with E-state index >= 15 is 0 Å². The summed E-state index contributed by atoms with van der Waals surface area (Å²) in [6.07, 6.45) is 0.503. The van der Waals surface area contributed by atoms with Gasteiger partial charge in [-0.25, -0.2) is 0 Å². The maximum absolute atomic E-state index is 9.56. The lowest BCUT2D eigenvalue weighted by molar-refractivity contribution is -0.0693. The molecule has 1 heterocycles. The average Bonchev–Trinajstić information content (AvgIpc) is 2.46. The Morgan fingerprint density at radius 3 is 2.21 bits per heavy atom. The fraction of sp³-hybridized carbons (Fsp3) is 0.650. The van der Waals surface area contributed by atoms with Crippen LogP contribution in [-0.2, 0) is 10.2 Å². The lowest BCUT2D eigenvalue weighted by Crippen LogP contribution is -2.47. The van der Waals surface area contributed by atoms with Crippen LogP contribution in [0.25, 0.3) is 0 Å². The molecule has 2 rings (SSSR count). The molecule has 1 saturated heterocycles. The summed E-state index contributed by atoms with van der Waals surface area (Å²) in [6.45, 7) is 15.7. The third kappa shape index (κ3) is 4.81. The summed E-state index contributed by atoms with van der Waals surface area (Å²) in [6, 6.07) is 8.39. The van der Waals surface area contributed by atoms with Crippen LogP contribution >= 0.6 is 0 Å². The van der Waals surface area contributed by atoms with Crippen molar-refractivity contribution in [3.63, 3.8) is 0 Å². The number of rotatable bonds is 4. The molecule has 1 aromatic carbocycles. The molecule has 1 aliphatic rings. The minimum atomic E-state index is 0.126. The second kappa shape index (κ2) is 7.66. The van der Waals surface area contributed by atoms with Gasteiger partial charge in [0.1, 0.15) is 0 Å². The van der Waals surface area contributed by atoms with E-state index in [4.69, 9.17) is 4.74 Å². The van der Waals surface area contributed by atoms with Gasteiger partial charge in [0.15, 0.2) is 0 Å². The van der Waals surface area contributed by atoms with E-state index in [0.29, 0.717) is 0 Å². The SMILES string of the molecule is CC1CN(CC(C)C(=NO)c2ccc(C(C)(C)C)cc2)CC(C)O1. The van der Waals surface area contributed by atoms with Crippen molar-refractivity contribution in [3.05, 3.63) is 35.4 Å². The lowest BCUT2D eigenvalue weighted by atomic mass is 9.86. The molecule has 0 amide bonds. The zero-order valence-corrected chi connectivity index (χ0v) is 15.9. The highest BCUT2D eigenvalue weighted by Crippen LogP contribution is 2.23. The Bertz CT molecular complexity index is 550. The zero-order valence-electron chi connectivity index (χ0n) is 15.9. The first-order valence-electron chi connectivity index (χ1n) is 8.91. The summed E-state index contributed by atoms with van der Waals surface area (Å²) in [5.41, 5.74) is 3.16. The summed E-state index contributed by atoms with van der Waals surface area (Å²) >= 11 is 0. The van der Waals surface area contributed by atoms with Gasteiger partial charge in [-0.2, -0.15) is 0 Å². The predicted molar refractivity (Wildman–Crippen MR) is 99.1 cm³/mol. The van der Waals surface area contributed by atoms with Gasteiger partial charge in [-0.1, -0.05) is 57.1 Å². The molecular formula is C20H32N2O2. The van der Waals surface area contributed by atoms with Crippen LogP contribution in [0.1, 0.15) is 52.7 Å². The zero-order chi connectivity index (χ0) is 17.9. The highest BCUT2D eigenvalue weighted by atomic mass is 16.5. The standard InChI is InChI=1S/C20H32N2O2/c1-14(11-22-12-15(2)24-16(3)13-22)19(21-23)17-7-9-18(10-8-17)20(4,5)6/h7-10,14-16,23H,11-13H2,1-6H3. The van der Waals surface area contributed by atoms with E-state index < -0.39 is 0 Å². The van der Waals surface area contributed by atoms with Crippen LogP contribution in [0, 0.1) is 5.92 Å². The lowest BCUT2D eigenvalue weighted by Gasteiger charge is -2.36. The molecule has 0 saturated carbocycles. The second-order valence-electron chi connectivity index (χ2n) is 8.19. The van der Waals surface area contributed by atoms with Crippen molar-refractivity contribution >= 4 is 5.71 Å². The molecule has 1 aliphatic heterocycles. The van der Waals surface area contributed by atoms with Gasteiger partial charge >= 0.3 is 0 Å². The molecule has 0 aromatic heterocycles. The van der Waals surface area contributed by atoms with E-state index in [1.54, 1.807) is 0 Å². The van der Waals surface area contributed by atoms with Crippen LogP contribution in [0.3, 0.4) is 0 Å². The third-order valence-electron chi connectivity index (χ3n) is 4.65. The molecule has 24 heavy (non-hydrogen) atoms. The smallest absolute Gasteiger partial charge is 0.0908 e. The number of hydrogen-bond acceptors (Lipinski definition) is 4. The first-order valence-corrected chi connectivity index (χ1v) is 8.91. The molecule has 4 heteroatoms. The van der Waals surface area contributed by atoms with Gasteiger partial charge < -0.3 is 9.94 Å². The van der Waals surface area contributed by atoms with Crippen molar-refractivity contribution in [2.24, 2.45) is 11.1 Å². The van der Waals surface area contributed by atoms with Crippen LogP contribution in [0.2, 0.25) is 0 Å². The van der Waals surface area contributed by atoms with E-state index in [2.05, 4.69) is 75.9 Å². The van der Waals surface area contributed by atoms with Crippen molar-refractivity contribution in [3.8, 4) is 0 Å². The molecule has 0 bridgehead atoms. The number of morpholine rings is 1. The quantitative estimate of drug-likeness (QED) is 0.516. The maximum Gasteiger partial charge on any atom is 0.0908 e. The highest BCUT2D eigenvalue weighted by molar-refractivity contribution is 6.01. The molecule has 134 valence electrons. The Morgan fingerprint density at radius 1 is 1.21 bits per heavy atom. The van der Waals surface area contributed by atoms with Gasteiger partial charge in [-0.3, -0.25) is 4.90 Å². The monoisotopic (exact) mass is 332 g/mol. The molecule has 1 fully saturated rings. The van der Waals surface area contributed by atoms with Gasteiger partial charge in [0.05, 0.1) is 17.9 Å². The van der Waals surface area contributed by atoms with Gasteiger partial charge in [0, 0.05) is 25.6 Å². The normalized spacial score (nSPS) is 24.8. The predicted octanol–water partition coefficient (Wildman–Crippen LogP) is 3.91. The van der Waals surface area contributed by atoms with Crippen molar-refractivity contribution in [2.75, 3.05) is 19.6 Å². The molecular weight excluding hydrogens is 300 g/mol. The Labute approximate surface area is 146 Å². The maximum atomic E-state index is 9.56. The molecule has 0 spiro atoms. The topological polar surface area (TPSA) is 45.1 Å². The molecule has 1 N–H and O–H groups in total. The van der Waals surface area contributed by atoms with E-state index in [1.807, 2.05) is 0 Å². The van der Waals surface area contributed by atoms with E-state index in [1.165, 1.54) is 5.56 Å². The first-order chi connectivity index (χ1) is 11.2. The summed E-state index contributed by atoms with van der Waals surface area (Å²) in [7, 11) is 0. The van der Waals surface area contributed by atoms with Crippen LogP contribution in [-0.4, -0.2) is 47.7 Å². The second-order valence-corrected chi connectivity index (χ2v) is 8.19. The largest absolute Gasteiger partial charge is 0.411 e. The van der Waals surface area contributed by atoms with Gasteiger partial charge in [-0.05, 0) is 30.4 Å². The Balaban J connectivity index is 2.07. The van der Waals surface area contributed by atoms with Gasteiger partial charge in [-0.15, -0.1) is 0 Å². The summed E-state index contributed by atoms with van der Waals surface area (Å²) < 4.78 is 5.79. The number of benzene rings is 1. The Morgan fingerprint density at radius 2 is 1.75 bits per heavy atom. The third-order valence-corrected chi connectivity index (χ3v) is 4.65. The Kier molecular flexibility index (Phi) is 6.05. The van der Waals surface area contributed by atoms with Crippen molar-refractivity contribution in [2.45, 2.75) is 59.2 Å². The van der Waals surface area contributed by atoms with Crippen molar-refractivity contribution in [1.29, 1.82) is 0 Å². The number of ether oxygens (including phenoxy) is 1. The molecule has 3 unspecified atom stereocenters. The van der Waals surface area contributed by atoms with Crippen LogP contribution in [0.5, 0.6) is 0 Å². The average molecular weight is 332 g/mol. The van der Waals surface area contributed by atoms with E-state index in [-0.39, 0.29) is 23.5 Å². The summed E-state index contributed by atoms with van der Waals surface area (Å²) in [5, 5.41) is 13.2. The van der Waals surface area contributed by atoms with Gasteiger partial charge in [0.25, 0.3) is 0 Å². The fourth-order valence-corrected chi connectivity index (χ4v) is 3.49. The molecule has 4 nitrogen and oxygen atoms in total. The molecule has 0 radical (unpaired) electrons. The minimum Gasteiger partial charge on any atom is -0.411 e. The van der Waals surface area contributed by atoms with Gasteiger partial charge in [0.2, 0.25) is 0 Å². The number of hydrogen-bond donors (Lipinski definition) is 1. The van der Waals surface area contributed by atoms with E-state index in [0.717, 1.165) is 30.9 Å². The summed E-state index contributed by atoms with van der Waals surface area (Å²) in [5.74, 6) is 0.160. The number of nitrogens with zero attached hydrogens (tertiary/aromatic N) is 2. The Hall–Kier alpha value is -1.39. The van der Waals surface area contributed by atoms with Crippen LogP contribution in [0.15, 0.2) is 29.4 Å². The molecule has 3 atom stereocenters. The minimum absolute atomic E-state index is 0.126. The fourth-order valence-electron chi connectivity index (χ4n) is 3.49. The summed E-state index contributed by atoms with van der Waals surface area (Å²) in [4.78, 5) is 2.40. The number of oxime groups is 1. The van der Waals surface area contributed by atoms with Crippen LogP contribution in [0.4, 0.5) is 0 Å². The van der Waals surface area contributed by atoms with Crippen LogP contribution < -0.4 is 0 Å². The van der Waals surface area contributed by atoms with E-state index in [9.17, 15) is 5.21 Å². The molecule has 0 aliphatic carbocycles. The highest BCUT2D eigenvalue weighted by Gasteiger charge is 2.25. The van der Waals surface area contributed by atoms with Crippen molar-refractivity contribution in [1.82, 2.24) is 4.90 Å². The molecule has 1 aromatic rings. The van der Waals surface area contributed by atoms with Crippen molar-refractivity contribution < 1.29 is 9.94 Å².